The number of benzene rings is 1. The Bertz CT molecular complexity index is 605. The molecule has 1 N–H and O–H groups in total. The summed E-state index contributed by atoms with van der Waals surface area (Å²) < 4.78 is 0. The van der Waals surface area contributed by atoms with Gasteiger partial charge in [0.05, 0.1) is 0 Å². The highest BCUT2D eigenvalue weighted by Gasteiger charge is 2.15. The van der Waals surface area contributed by atoms with E-state index in [-0.39, 0.29) is 11.5 Å². The van der Waals surface area contributed by atoms with E-state index in [0.717, 1.165) is 26.2 Å². The van der Waals surface area contributed by atoms with Gasteiger partial charge in [0, 0.05) is 38.1 Å². The lowest BCUT2D eigenvalue weighted by atomic mass is 10.0. The number of nitrogens with one attached hydrogen (secondary N) is 1. The van der Waals surface area contributed by atoms with Gasteiger partial charge in [0.2, 0.25) is 0 Å². The highest BCUT2D eigenvalue weighted by atomic mass is 16.1. The van der Waals surface area contributed by atoms with Gasteiger partial charge in [-0.3, -0.25) is 4.79 Å². The Morgan fingerprint density at radius 2 is 1.83 bits per heavy atom. The molecule has 1 fully saturated rings. The number of rotatable bonds is 4. The number of hydrogen-bond donors (Lipinski definition) is 1. The highest BCUT2D eigenvalue weighted by Crippen LogP contribution is 2.17. The minimum absolute atomic E-state index is 0.141. The Morgan fingerprint density at radius 1 is 1.22 bits per heavy atom. The molecular formula is C18H24N4O. The van der Waals surface area contributed by atoms with Crippen LogP contribution in [0.5, 0.6) is 0 Å². The van der Waals surface area contributed by atoms with Gasteiger partial charge in [-0.25, -0.2) is 0 Å². The fraction of sp³-hybridized carbons (Fsp3) is 0.444. The maximum atomic E-state index is 12.3. The Kier molecular flexibility index (Phi) is 5.78. The normalized spacial score (nSPS) is 16.3. The largest absolute Gasteiger partial charge is 0.374 e. The van der Waals surface area contributed by atoms with Gasteiger partial charge in [-0.05, 0) is 30.7 Å². The predicted molar refractivity (Wildman–Crippen MR) is 91.9 cm³/mol. The van der Waals surface area contributed by atoms with Crippen molar-refractivity contribution >= 4 is 11.6 Å². The molecule has 1 aromatic rings. The second-order valence-electron chi connectivity index (χ2n) is 6.22. The molecule has 5 heteroatoms. The van der Waals surface area contributed by atoms with Gasteiger partial charge in [-0.15, -0.1) is 0 Å². The summed E-state index contributed by atoms with van der Waals surface area (Å²) in [6.07, 6.45) is 1.67. The van der Waals surface area contributed by atoms with Crippen molar-refractivity contribution in [3.05, 3.63) is 41.6 Å². The van der Waals surface area contributed by atoms with E-state index in [4.69, 9.17) is 0 Å². The molecule has 0 bridgehead atoms. The molecule has 1 saturated heterocycles. The third-order valence-electron chi connectivity index (χ3n) is 4.05. The first kappa shape index (κ1) is 17.0. The Morgan fingerprint density at radius 3 is 2.35 bits per heavy atom. The molecule has 1 aromatic carbocycles. The van der Waals surface area contributed by atoms with E-state index in [1.165, 1.54) is 5.56 Å². The van der Waals surface area contributed by atoms with Gasteiger partial charge in [0.15, 0.2) is 0 Å². The van der Waals surface area contributed by atoms with Crippen LogP contribution in [0.2, 0.25) is 0 Å². The lowest BCUT2D eigenvalue weighted by Gasteiger charge is -2.31. The molecule has 1 amide bonds. The van der Waals surface area contributed by atoms with E-state index in [2.05, 4.69) is 31.1 Å². The maximum Gasteiger partial charge on any atom is 0.267 e. The molecular weight excluding hydrogens is 288 g/mol. The van der Waals surface area contributed by atoms with Gasteiger partial charge < -0.3 is 15.1 Å². The summed E-state index contributed by atoms with van der Waals surface area (Å²) in [4.78, 5) is 16.5. The van der Waals surface area contributed by atoms with Crippen molar-refractivity contribution in [1.29, 1.82) is 5.26 Å². The van der Waals surface area contributed by atoms with Gasteiger partial charge >= 0.3 is 0 Å². The molecule has 0 unspecified atom stereocenters. The summed E-state index contributed by atoms with van der Waals surface area (Å²) in [5.74, 6) is 0.0928. The zero-order chi connectivity index (χ0) is 16.8. The summed E-state index contributed by atoms with van der Waals surface area (Å²) in [6.45, 7) is 7.79. The fourth-order valence-corrected chi connectivity index (χ4v) is 2.42. The number of hydrogen-bond acceptors (Lipinski definition) is 4. The maximum absolute atomic E-state index is 12.3. The van der Waals surface area contributed by atoms with Crippen molar-refractivity contribution < 1.29 is 4.79 Å². The minimum atomic E-state index is -0.358. The van der Waals surface area contributed by atoms with Crippen molar-refractivity contribution in [3.63, 3.8) is 0 Å². The SMILES string of the molecule is CC(C)c1ccc(NC(=O)/C(C#N)=C\N2CCN(C)CC2)cc1. The molecule has 1 aliphatic heterocycles. The van der Waals surface area contributed by atoms with Gasteiger partial charge in [0.25, 0.3) is 5.91 Å². The summed E-state index contributed by atoms with van der Waals surface area (Å²) in [5.41, 5.74) is 2.07. The summed E-state index contributed by atoms with van der Waals surface area (Å²) >= 11 is 0. The van der Waals surface area contributed by atoms with Gasteiger partial charge in [0.1, 0.15) is 11.6 Å². The van der Waals surface area contributed by atoms with Gasteiger partial charge in [-0.2, -0.15) is 5.26 Å². The van der Waals surface area contributed by atoms with E-state index in [1.54, 1.807) is 6.20 Å². The molecule has 1 aliphatic rings. The third kappa shape index (κ3) is 4.83. The highest BCUT2D eigenvalue weighted by molar-refractivity contribution is 6.06. The van der Waals surface area contributed by atoms with E-state index < -0.39 is 0 Å². The minimum Gasteiger partial charge on any atom is -0.374 e. The van der Waals surface area contributed by atoms with Crippen LogP contribution in [-0.4, -0.2) is 48.9 Å². The summed E-state index contributed by atoms with van der Waals surface area (Å²) in [5, 5.41) is 12.0. The van der Waals surface area contributed by atoms with Crippen LogP contribution >= 0.6 is 0 Å². The lowest BCUT2D eigenvalue weighted by Crippen LogP contribution is -2.42. The van der Waals surface area contributed by atoms with Crippen molar-refractivity contribution in [2.45, 2.75) is 19.8 Å². The molecule has 0 radical (unpaired) electrons. The second-order valence-corrected chi connectivity index (χ2v) is 6.22. The average molecular weight is 312 g/mol. The molecule has 1 heterocycles. The molecule has 0 aliphatic carbocycles. The van der Waals surface area contributed by atoms with Crippen LogP contribution in [0.15, 0.2) is 36.0 Å². The lowest BCUT2D eigenvalue weighted by molar-refractivity contribution is -0.112. The Hall–Kier alpha value is -2.32. The van der Waals surface area contributed by atoms with Crippen molar-refractivity contribution in [1.82, 2.24) is 9.80 Å². The first-order valence-electron chi connectivity index (χ1n) is 7.95. The quantitative estimate of drug-likeness (QED) is 0.685. The number of amides is 1. The molecule has 5 nitrogen and oxygen atoms in total. The molecule has 0 atom stereocenters. The third-order valence-corrected chi connectivity index (χ3v) is 4.05. The van der Waals surface area contributed by atoms with Crippen LogP contribution in [0.4, 0.5) is 5.69 Å². The zero-order valence-electron chi connectivity index (χ0n) is 14.0. The Balaban J connectivity index is 2.01. The number of likely N-dealkylation sites (N-methyl/N-ethyl adjacent to an activating group) is 1. The topological polar surface area (TPSA) is 59.4 Å². The molecule has 0 aromatic heterocycles. The number of nitriles is 1. The zero-order valence-corrected chi connectivity index (χ0v) is 14.0. The predicted octanol–water partition coefficient (Wildman–Crippen LogP) is 2.40. The molecule has 0 saturated carbocycles. The van der Waals surface area contributed by atoms with Crippen LogP contribution in [0.3, 0.4) is 0 Å². The molecule has 0 spiro atoms. The Labute approximate surface area is 138 Å². The number of carbonyl (C=O) groups is 1. The molecule has 2 rings (SSSR count). The van der Waals surface area contributed by atoms with Crippen LogP contribution < -0.4 is 5.32 Å². The smallest absolute Gasteiger partial charge is 0.267 e. The van der Waals surface area contributed by atoms with Crippen molar-refractivity contribution in [2.24, 2.45) is 0 Å². The summed E-state index contributed by atoms with van der Waals surface area (Å²) in [7, 11) is 2.07. The first-order valence-corrected chi connectivity index (χ1v) is 7.95. The second kappa shape index (κ2) is 7.80. The van der Waals surface area contributed by atoms with Crippen molar-refractivity contribution in [2.75, 3.05) is 38.5 Å². The van der Waals surface area contributed by atoms with E-state index in [1.807, 2.05) is 35.2 Å². The number of anilines is 1. The number of piperazine rings is 1. The van der Waals surface area contributed by atoms with E-state index in [9.17, 15) is 10.1 Å². The molecule has 23 heavy (non-hydrogen) atoms. The monoisotopic (exact) mass is 312 g/mol. The molecule has 122 valence electrons. The van der Waals surface area contributed by atoms with Crippen LogP contribution in [0.25, 0.3) is 0 Å². The van der Waals surface area contributed by atoms with E-state index >= 15 is 0 Å². The van der Waals surface area contributed by atoms with Crippen LogP contribution in [0, 0.1) is 11.3 Å². The van der Waals surface area contributed by atoms with Crippen molar-refractivity contribution in [3.8, 4) is 6.07 Å². The standard InChI is InChI=1S/C18H24N4O/c1-14(2)15-4-6-17(7-5-15)20-18(23)16(12-19)13-22-10-8-21(3)9-11-22/h4-7,13-14H,8-11H2,1-3H3,(H,20,23)/b16-13-. The number of carbonyl (C=O) groups excluding carboxylic acids is 1. The fourth-order valence-electron chi connectivity index (χ4n) is 2.42. The van der Waals surface area contributed by atoms with Gasteiger partial charge in [-0.1, -0.05) is 26.0 Å². The van der Waals surface area contributed by atoms with E-state index in [0.29, 0.717) is 11.6 Å². The van der Waals surface area contributed by atoms with Crippen LogP contribution in [-0.2, 0) is 4.79 Å². The van der Waals surface area contributed by atoms with Crippen LogP contribution in [0.1, 0.15) is 25.3 Å². The number of nitrogens with zero attached hydrogens (tertiary/aromatic N) is 3. The summed E-state index contributed by atoms with van der Waals surface area (Å²) in [6, 6.07) is 9.74. The average Bonchev–Trinajstić information content (AvgIpc) is 2.54. The first-order chi connectivity index (χ1) is 11.0.